The fourth-order valence-electron chi connectivity index (χ4n) is 0.857. The van der Waals surface area contributed by atoms with Crippen LogP contribution in [0.15, 0.2) is 10.6 Å². The summed E-state index contributed by atoms with van der Waals surface area (Å²) in [5.41, 5.74) is 1.09. The lowest BCUT2D eigenvalue weighted by Crippen LogP contribution is -2.35. The first-order valence-corrected chi connectivity index (χ1v) is 4.14. The summed E-state index contributed by atoms with van der Waals surface area (Å²) in [6, 6.07) is 1.94. The van der Waals surface area contributed by atoms with Gasteiger partial charge in [0.05, 0.1) is 5.69 Å². The third kappa shape index (κ3) is 3.05. The van der Waals surface area contributed by atoms with E-state index in [2.05, 4.69) is 31.2 Å². The van der Waals surface area contributed by atoms with Crippen LogP contribution >= 0.6 is 0 Å². The smallest absolute Gasteiger partial charge is 0.133 e. The van der Waals surface area contributed by atoms with Gasteiger partial charge in [-0.15, -0.1) is 0 Å². The lowest BCUT2D eigenvalue weighted by molar-refractivity contribution is 0.374. The molecule has 0 saturated carbocycles. The highest BCUT2D eigenvalue weighted by Crippen LogP contribution is 2.04. The molecule has 0 aliphatic carbocycles. The summed E-state index contributed by atoms with van der Waals surface area (Å²) >= 11 is 0. The maximum absolute atomic E-state index is 4.94. The van der Waals surface area contributed by atoms with Crippen LogP contribution in [0, 0.1) is 6.92 Å². The molecule has 68 valence electrons. The van der Waals surface area contributed by atoms with Gasteiger partial charge in [-0.05, 0) is 27.7 Å². The molecule has 0 spiro atoms. The number of hydrogen-bond acceptors (Lipinski definition) is 3. The minimum atomic E-state index is 0.132. The minimum Gasteiger partial charge on any atom is -0.361 e. The molecule has 0 saturated heterocycles. The maximum Gasteiger partial charge on any atom is 0.133 e. The quantitative estimate of drug-likeness (QED) is 0.732. The predicted molar refractivity (Wildman–Crippen MR) is 47.8 cm³/mol. The van der Waals surface area contributed by atoms with Gasteiger partial charge in [0.15, 0.2) is 0 Å². The average Bonchev–Trinajstić information content (AvgIpc) is 2.30. The number of aromatic nitrogens is 1. The molecule has 1 rings (SSSR count). The maximum atomic E-state index is 4.94. The zero-order chi connectivity index (χ0) is 9.19. The van der Waals surface area contributed by atoms with Crippen molar-refractivity contribution < 1.29 is 4.52 Å². The highest BCUT2D eigenvalue weighted by Gasteiger charge is 2.09. The summed E-state index contributed by atoms with van der Waals surface area (Å²) in [4.78, 5) is 0. The van der Waals surface area contributed by atoms with Crippen molar-refractivity contribution in [3.8, 4) is 0 Å². The van der Waals surface area contributed by atoms with Gasteiger partial charge in [-0.1, -0.05) is 5.16 Å². The number of nitrogens with one attached hydrogen (secondary N) is 1. The summed E-state index contributed by atoms with van der Waals surface area (Å²) in [6.45, 7) is 9.04. The Balaban J connectivity index is 2.44. The second kappa shape index (κ2) is 3.27. The monoisotopic (exact) mass is 168 g/mol. The molecule has 0 unspecified atom stereocenters. The van der Waals surface area contributed by atoms with Crippen LogP contribution < -0.4 is 5.32 Å². The molecule has 3 heteroatoms. The third-order valence-corrected chi connectivity index (χ3v) is 1.48. The van der Waals surface area contributed by atoms with E-state index in [0.29, 0.717) is 0 Å². The van der Waals surface area contributed by atoms with Crippen LogP contribution in [-0.2, 0) is 6.54 Å². The van der Waals surface area contributed by atoms with Gasteiger partial charge in [-0.25, -0.2) is 0 Å². The first kappa shape index (κ1) is 9.26. The molecule has 0 atom stereocenters. The van der Waals surface area contributed by atoms with Gasteiger partial charge in [0.1, 0.15) is 5.76 Å². The second-order valence-electron chi connectivity index (χ2n) is 4.03. The van der Waals surface area contributed by atoms with Crippen molar-refractivity contribution in [2.24, 2.45) is 0 Å². The fourth-order valence-corrected chi connectivity index (χ4v) is 0.857. The lowest BCUT2D eigenvalue weighted by atomic mass is 10.1. The molecule has 0 bridgehead atoms. The van der Waals surface area contributed by atoms with Gasteiger partial charge in [-0.2, -0.15) is 0 Å². The highest BCUT2D eigenvalue weighted by molar-refractivity contribution is 5.03. The average molecular weight is 168 g/mol. The Morgan fingerprint density at radius 3 is 2.58 bits per heavy atom. The summed E-state index contributed by atoms with van der Waals surface area (Å²) < 4.78 is 4.94. The normalized spacial score (nSPS) is 12.0. The van der Waals surface area contributed by atoms with Crippen LogP contribution in [0.4, 0.5) is 0 Å². The molecule has 1 heterocycles. The second-order valence-corrected chi connectivity index (χ2v) is 4.03. The molecular weight excluding hydrogens is 152 g/mol. The Morgan fingerprint density at radius 1 is 1.50 bits per heavy atom. The van der Waals surface area contributed by atoms with E-state index in [1.165, 1.54) is 0 Å². The SMILES string of the molecule is Cc1cc(CNC(C)(C)C)no1. The van der Waals surface area contributed by atoms with E-state index in [-0.39, 0.29) is 5.54 Å². The Hall–Kier alpha value is -0.830. The molecule has 1 N–H and O–H groups in total. The van der Waals surface area contributed by atoms with Gasteiger partial charge < -0.3 is 9.84 Å². The van der Waals surface area contributed by atoms with Gasteiger partial charge in [0.2, 0.25) is 0 Å². The molecule has 1 aromatic rings. The van der Waals surface area contributed by atoms with Gasteiger partial charge in [0.25, 0.3) is 0 Å². The highest BCUT2D eigenvalue weighted by atomic mass is 16.5. The molecule has 12 heavy (non-hydrogen) atoms. The molecule has 1 aromatic heterocycles. The number of aryl methyl sites for hydroxylation is 1. The summed E-state index contributed by atoms with van der Waals surface area (Å²) in [6.07, 6.45) is 0. The van der Waals surface area contributed by atoms with Crippen LogP contribution in [0.2, 0.25) is 0 Å². The van der Waals surface area contributed by atoms with Gasteiger partial charge >= 0.3 is 0 Å². The van der Waals surface area contributed by atoms with Crippen molar-refractivity contribution >= 4 is 0 Å². The number of rotatable bonds is 2. The molecule has 0 fully saturated rings. The van der Waals surface area contributed by atoms with E-state index in [9.17, 15) is 0 Å². The largest absolute Gasteiger partial charge is 0.361 e. The van der Waals surface area contributed by atoms with Crippen molar-refractivity contribution in [2.45, 2.75) is 39.8 Å². The van der Waals surface area contributed by atoms with E-state index < -0.39 is 0 Å². The molecule has 0 aromatic carbocycles. The zero-order valence-corrected chi connectivity index (χ0v) is 8.14. The predicted octanol–water partition coefficient (Wildman–Crippen LogP) is 1.87. The zero-order valence-electron chi connectivity index (χ0n) is 8.14. The summed E-state index contributed by atoms with van der Waals surface area (Å²) in [7, 11) is 0. The Labute approximate surface area is 73.1 Å². The van der Waals surface area contributed by atoms with Crippen molar-refractivity contribution in [1.82, 2.24) is 10.5 Å². The van der Waals surface area contributed by atoms with Gasteiger partial charge in [-0.3, -0.25) is 0 Å². The number of nitrogens with zero attached hydrogens (tertiary/aromatic N) is 1. The first-order chi connectivity index (χ1) is 5.47. The molecule has 0 aliphatic heterocycles. The molecular formula is C9H16N2O. The molecule has 0 aliphatic rings. The molecule has 0 amide bonds. The lowest BCUT2D eigenvalue weighted by Gasteiger charge is -2.19. The molecule has 0 radical (unpaired) electrons. The van der Waals surface area contributed by atoms with Crippen molar-refractivity contribution in [1.29, 1.82) is 0 Å². The van der Waals surface area contributed by atoms with E-state index in [1.54, 1.807) is 0 Å². The Morgan fingerprint density at radius 2 is 2.17 bits per heavy atom. The fraction of sp³-hybridized carbons (Fsp3) is 0.667. The van der Waals surface area contributed by atoms with E-state index in [0.717, 1.165) is 18.0 Å². The van der Waals surface area contributed by atoms with Gasteiger partial charge in [0, 0.05) is 18.2 Å². The van der Waals surface area contributed by atoms with Crippen molar-refractivity contribution in [3.63, 3.8) is 0 Å². The van der Waals surface area contributed by atoms with Crippen LogP contribution in [0.5, 0.6) is 0 Å². The Kier molecular flexibility index (Phi) is 2.52. The molecule has 3 nitrogen and oxygen atoms in total. The number of hydrogen-bond donors (Lipinski definition) is 1. The minimum absolute atomic E-state index is 0.132. The van der Waals surface area contributed by atoms with E-state index in [4.69, 9.17) is 4.52 Å². The third-order valence-electron chi connectivity index (χ3n) is 1.48. The van der Waals surface area contributed by atoms with Crippen LogP contribution in [0.25, 0.3) is 0 Å². The van der Waals surface area contributed by atoms with Crippen LogP contribution in [0.3, 0.4) is 0 Å². The van der Waals surface area contributed by atoms with E-state index >= 15 is 0 Å². The van der Waals surface area contributed by atoms with Crippen LogP contribution in [0.1, 0.15) is 32.2 Å². The first-order valence-electron chi connectivity index (χ1n) is 4.14. The van der Waals surface area contributed by atoms with Crippen molar-refractivity contribution in [2.75, 3.05) is 0 Å². The summed E-state index contributed by atoms with van der Waals surface area (Å²) in [5.74, 6) is 0.862. The van der Waals surface area contributed by atoms with E-state index in [1.807, 2.05) is 13.0 Å². The van der Waals surface area contributed by atoms with Crippen molar-refractivity contribution in [3.05, 3.63) is 17.5 Å². The van der Waals surface area contributed by atoms with Crippen LogP contribution in [-0.4, -0.2) is 10.7 Å². The topological polar surface area (TPSA) is 38.1 Å². The standard InChI is InChI=1S/C9H16N2O/c1-7-5-8(11-12-7)6-10-9(2,3)4/h5,10H,6H2,1-4H3. The summed E-state index contributed by atoms with van der Waals surface area (Å²) in [5, 5.41) is 7.21. The Bertz CT molecular complexity index is 247.